The van der Waals surface area contributed by atoms with E-state index in [0.717, 1.165) is 51.8 Å². The van der Waals surface area contributed by atoms with Crippen LogP contribution in [0, 0.1) is 18.3 Å². The van der Waals surface area contributed by atoms with Crippen molar-refractivity contribution < 1.29 is 4.74 Å². The van der Waals surface area contributed by atoms with Gasteiger partial charge in [0, 0.05) is 10.6 Å². The van der Waals surface area contributed by atoms with Gasteiger partial charge in [0.15, 0.2) is 5.16 Å². The maximum absolute atomic E-state index is 14.1. The smallest absolute Gasteiger partial charge is 0.267 e. The van der Waals surface area contributed by atoms with Crippen molar-refractivity contribution in [3.8, 4) is 11.4 Å². The number of fused-ring (bicyclic) bond motifs is 3. The Bertz CT molecular complexity index is 1430. The van der Waals surface area contributed by atoms with Gasteiger partial charge in [-0.15, -0.1) is 11.3 Å². The maximum atomic E-state index is 14.1. The molecule has 36 heavy (non-hydrogen) atoms. The average Bonchev–Trinajstić information content (AvgIpc) is 3.22. The molecule has 1 aliphatic carbocycles. The van der Waals surface area contributed by atoms with Crippen molar-refractivity contribution in [1.82, 2.24) is 9.55 Å². The molecule has 0 aliphatic heterocycles. The number of aromatic nitrogens is 2. The molecular formula is C30H34N2O2S2. The fourth-order valence-electron chi connectivity index (χ4n) is 4.96. The highest BCUT2D eigenvalue weighted by Crippen LogP contribution is 2.42. The lowest BCUT2D eigenvalue weighted by Gasteiger charge is -2.33. The van der Waals surface area contributed by atoms with Crippen LogP contribution in [0.2, 0.25) is 0 Å². The third-order valence-corrected chi connectivity index (χ3v) is 9.33. The van der Waals surface area contributed by atoms with Crippen molar-refractivity contribution in [1.29, 1.82) is 0 Å². The summed E-state index contributed by atoms with van der Waals surface area (Å²) in [4.78, 5) is 21.5. The highest BCUT2D eigenvalue weighted by molar-refractivity contribution is 7.98. The van der Waals surface area contributed by atoms with E-state index in [2.05, 4.69) is 52.0 Å². The Morgan fingerprint density at radius 2 is 1.83 bits per heavy atom. The van der Waals surface area contributed by atoms with E-state index >= 15 is 0 Å². The number of hydrogen-bond donors (Lipinski definition) is 0. The van der Waals surface area contributed by atoms with Crippen molar-refractivity contribution in [3.05, 3.63) is 80.5 Å². The minimum Gasteiger partial charge on any atom is -0.494 e. The Kier molecular flexibility index (Phi) is 7.01. The molecule has 0 bridgehead atoms. The van der Waals surface area contributed by atoms with Crippen molar-refractivity contribution in [2.75, 3.05) is 6.61 Å². The lowest BCUT2D eigenvalue weighted by molar-refractivity contribution is 0.218. The second-order valence-corrected chi connectivity index (χ2v) is 12.8. The number of thiophene rings is 1. The molecule has 0 fully saturated rings. The first-order chi connectivity index (χ1) is 17.2. The van der Waals surface area contributed by atoms with Gasteiger partial charge in [0.1, 0.15) is 10.6 Å². The first-order valence-electron chi connectivity index (χ1n) is 12.7. The molecule has 0 radical (unpaired) electrons. The predicted octanol–water partition coefficient (Wildman–Crippen LogP) is 7.60. The van der Waals surface area contributed by atoms with Crippen molar-refractivity contribution in [2.45, 2.75) is 64.8 Å². The molecule has 0 saturated heterocycles. The van der Waals surface area contributed by atoms with Crippen LogP contribution in [0.4, 0.5) is 0 Å². The molecule has 1 unspecified atom stereocenters. The minimum absolute atomic E-state index is 0.0438. The monoisotopic (exact) mass is 518 g/mol. The summed E-state index contributed by atoms with van der Waals surface area (Å²) in [6, 6.07) is 16.3. The second kappa shape index (κ2) is 10.1. The first kappa shape index (κ1) is 25.1. The summed E-state index contributed by atoms with van der Waals surface area (Å²) in [6.07, 6.45) is 3.11. The van der Waals surface area contributed by atoms with Crippen molar-refractivity contribution >= 4 is 33.3 Å². The van der Waals surface area contributed by atoms with Crippen LogP contribution in [0.5, 0.6) is 5.75 Å². The second-order valence-electron chi connectivity index (χ2n) is 10.7. The molecule has 1 atom stereocenters. The van der Waals surface area contributed by atoms with Gasteiger partial charge in [-0.2, -0.15) is 0 Å². The molecule has 5 rings (SSSR count). The van der Waals surface area contributed by atoms with E-state index in [1.807, 2.05) is 31.2 Å². The van der Waals surface area contributed by atoms with E-state index in [1.165, 1.54) is 21.6 Å². The minimum atomic E-state index is 0.0438. The molecular weight excluding hydrogens is 484 g/mol. The summed E-state index contributed by atoms with van der Waals surface area (Å²) in [6.45, 7) is 11.7. The van der Waals surface area contributed by atoms with Crippen LogP contribution in [0.15, 0.2) is 58.5 Å². The normalized spacial score (nSPS) is 15.8. The predicted molar refractivity (Wildman–Crippen MR) is 152 cm³/mol. The summed E-state index contributed by atoms with van der Waals surface area (Å²) in [5, 5.41) is 1.55. The van der Waals surface area contributed by atoms with E-state index in [9.17, 15) is 4.79 Å². The zero-order chi connectivity index (χ0) is 25.4. The van der Waals surface area contributed by atoms with E-state index < -0.39 is 0 Å². The molecule has 188 valence electrons. The van der Waals surface area contributed by atoms with Gasteiger partial charge in [-0.1, -0.05) is 62.4 Å². The number of rotatable bonds is 6. The third kappa shape index (κ3) is 4.98. The zero-order valence-corrected chi connectivity index (χ0v) is 23.4. The van der Waals surface area contributed by atoms with E-state index in [0.29, 0.717) is 12.5 Å². The standard InChI is InChI=1S/C30H34N2O2S2/c1-6-34-23-14-12-22(13-15-23)32-28(33)26-24-16-11-21(30(3,4)5)17-25(24)36-27(26)31-29(32)35-18-20-9-7-19(2)8-10-20/h7-10,12-15,21H,6,11,16-18H2,1-5H3. The molecule has 2 aromatic carbocycles. The SMILES string of the molecule is CCOc1ccc(-n2c(SCc3ccc(C)cc3)nc3sc4c(c3c2=O)CCC(C(C)(C)C)C4)cc1. The average molecular weight is 519 g/mol. The Labute approximate surface area is 221 Å². The van der Waals surface area contributed by atoms with Gasteiger partial charge in [-0.25, -0.2) is 4.98 Å². The number of thioether (sulfide) groups is 1. The molecule has 6 heteroatoms. The molecule has 0 amide bonds. The van der Waals surface area contributed by atoms with Crippen LogP contribution in [-0.4, -0.2) is 16.2 Å². The summed E-state index contributed by atoms with van der Waals surface area (Å²) in [5.41, 5.74) is 4.82. The molecule has 4 aromatic rings. The number of ether oxygens (including phenoxy) is 1. The van der Waals surface area contributed by atoms with E-state index in [1.54, 1.807) is 27.7 Å². The van der Waals surface area contributed by atoms with Crippen LogP contribution in [-0.2, 0) is 18.6 Å². The van der Waals surface area contributed by atoms with Gasteiger partial charge >= 0.3 is 0 Å². The van der Waals surface area contributed by atoms with Crippen molar-refractivity contribution in [3.63, 3.8) is 0 Å². The van der Waals surface area contributed by atoms with Gasteiger partial charge < -0.3 is 4.74 Å². The summed E-state index contributed by atoms with van der Waals surface area (Å²) >= 11 is 3.35. The Morgan fingerprint density at radius 1 is 1.11 bits per heavy atom. The van der Waals surface area contributed by atoms with Crippen LogP contribution in [0.1, 0.15) is 55.7 Å². The largest absolute Gasteiger partial charge is 0.494 e. The highest BCUT2D eigenvalue weighted by atomic mass is 32.2. The quantitative estimate of drug-likeness (QED) is 0.195. The summed E-state index contributed by atoms with van der Waals surface area (Å²) in [7, 11) is 0. The van der Waals surface area contributed by atoms with Gasteiger partial charge in [-0.3, -0.25) is 9.36 Å². The summed E-state index contributed by atoms with van der Waals surface area (Å²) in [5.74, 6) is 2.19. The van der Waals surface area contributed by atoms with Gasteiger partial charge in [0.2, 0.25) is 0 Å². The molecule has 4 nitrogen and oxygen atoms in total. The van der Waals surface area contributed by atoms with Crippen LogP contribution >= 0.6 is 23.1 Å². The molecule has 2 aromatic heterocycles. The van der Waals surface area contributed by atoms with Gasteiger partial charge in [0.05, 0.1) is 17.7 Å². The Balaban J connectivity index is 1.60. The third-order valence-electron chi connectivity index (χ3n) is 7.17. The maximum Gasteiger partial charge on any atom is 0.267 e. The fraction of sp³-hybridized carbons (Fsp3) is 0.400. The van der Waals surface area contributed by atoms with Crippen LogP contribution in [0.3, 0.4) is 0 Å². The van der Waals surface area contributed by atoms with Gasteiger partial charge in [0.25, 0.3) is 5.56 Å². The van der Waals surface area contributed by atoms with E-state index in [-0.39, 0.29) is 11.0 Å². The fourth-order valence-corrected chi connectivity index (χ4v) is 7.27. The first-order valence-corrected chi connectivity index (χ1v) is 14.5. The number of aryl methyl sites for hydroxylation is 2. The van der Waals surface area contributed by atoms with Crippen LogP contribution in [0.25, 0.3) is 15.9 Å². The number of benzene rings is 2. The number of nitrogens with zero attached hydrogens (tertiary/aromatic N) is 2. The molecule has 0 N–H and O–H groups in total. The molecule has 0 spiro atoms. The molecule has 1 aliphatic rings. The van der Waals surface area contributed by atoms with Gasteiger partial charge in [-0.05, 0) is 79.8 Å². The molecule has 2 heterocycles. The Hall–Kier alpha value is -2.57. The number of hydrogen-bond acceptors (Lipinski definition) is 5. The summed E-state index contributed by atoms with van der Waals surface area (Å²) < 4.78 is 7.44. The zero-order valence-electron chi connectivity index (χ0n) is 21.8. The Morgan fingerprint density at radius 3 is 2.50 bits per heavy atom. The van der Waals surface area contributed by atoms with E-state index in [4.69, 9.17) is 9.72 Å². The lowest BCUT2D eigenvalue weighted by atomic mass is 9.72. The lowest BCUT2D eigenvalue weighted by Crippen LogP contribution is -2.27. The van der Waals surface area contributed by atoms with Crippen LogP contribution < -0.4 is 10.3 Å². The molecule has 0 saturated carbocycles. The topological polar surface area (TPSA) is 44.1 Å². The highest BCUT2D eigenvalue weighted by Gasteiger charge is 2.32. The van der Waals surface area contributed by atoms with Crippen molar-refractivity contribution in [2.24, 2.45) is 11.3 Å².